The molecule has 2 fully saturated rings. The number of rotatable bonds is 2. The Morgan fingerprint density at radius 3 is 1.71 bits per heavy atom. The van der Waals surface area contributed by atoms with Gasteiger partial charge in [-0.1, -0.05) is 0 Å². The highest BCUT2D eigenvalue weighted by atomic mass is 16.6. The van der Waals surface area contributed by atoms with E-state index in [1.165, 1.54) is 0 Å². The first kappa shape index (κ1) is 10.0. The lowest BCUT2D eigenvalue weighted by Crippen LogP contribution is -2.46. The van der Waals surface area contributed by atoms with Crippen LogP contribution >= 0.6 is 0 Å². The van der Waals surface area contributed by atoms with Gasteiger partial charge in [0, 0.05) is 0 Å². The van der Waals surface area contributed by atoms with Crippen LogP contribution in [0.25, 0.3) is 0 Å². The second-order valence-corrected chi connectivity index (χ2v) is 3.27. The lowest BCUT2D eigenvalue weighted by molar-refractivity contribution is -0.167. The smallest absolute Gasteiger partial charge is 0.194 e. The Kier molecular flexibility index (Phi) is 3.47. The van der Waals surface area contributed by atoms with E-state index in [-0.39, 0.29) is 5.78 Å². The molecule has 2 atom stereocenters. The number of hydrogen-bond acceptors (Lipinski definition) is 5. The number of ketones is 1. The molecule has 2 heterocycles. The molecule has 0 aliphatic carbocycles. The summed E-state index contributed by atoms with van der Waals surface area (Å²) in [4.78, 5) is 11.7. The predicted molar refractivity (Wildman–Crippen MR) is 46.1 cm³/mol. The third-order valence-electron chi connectivity index (χ3n) is 2.27. The topological polar surface area (TPSA) is 54.0 Å². The molecule has 0 N–H and O–H groups in total. The zero-order valence-corrected chi connectivity index (χ0v) is 7.94. The minimum absolute atomic E-state index is 0.0654. The van der Waals surface area contributed by atoms with E-state index < -0.39 is 12.2 Å². The van der Waals surface area contributed by atoms with Crippen molar-refractivity contribution >= 4 is 5.78 Å². The highest BCUT2D eigenvalue weighted by molar-refractivity contribution is 5.87. The van der Waals surface area contributed by atoms with Crippen molar-refractivity contribution in [2.24, 2.45) is 0 Å². The van der Waals surface area contributed by atoms with Crippen molar-refractivity contribution in [3.63, 3.8) is 0 Å². The van der Waals surface area contributed by atoms with Crippen LogP contribution < -0.4 is 0 Å². The number of carbonyl (C=O) groups excluding carboxylic acids is 1. The van der Waals surface area contributed by atoms with Gasteiger partial charge in [0.05, 0.1) is 39.6 Å². The van der Waals surface area contributed by atoms with Crippen molar-refractivity contribution in [1.29, 1.82) is 0 Å². The van der Waals surface area contributed by atoms with Crippen molar-refractivity contribution in [3.05, 3.63) is 0 Å². The van der Waals surface area contributed by atoms with E-state index in [0.717, 1.165) is 0 Å². The van der Waals surface area contributed by atoms with E-state index >= 15 is 0 Å². The van der Waals surface area contributed by atoms with Crippen LogP contribution in [0.3, 0.4) is 0 Å². The van der Waals surface area contributed by atoms with Crippen LogP contribution in [0.2, 0.25) is 0 Å². The molecule has 0 bridgehead atoms. The number of ether oxygens (including phenoxy) is 4. The third kappa shape index (κ3) is 2.30. The predicted octanol–water partition coefficient (Wildman–Crippen LogP) is -0.614. The first-order chi connectivity index (χ1) is 6.88. The molecule has 2 aliphatic rings. The molecule has 0 aromatic carbocycles. The van der Waals surface area contributed by atoms with E-state index in [2.05, 4.69) is 0 Å². The summed E-state index contributed by atoms with van der Waals surface area (Å²) >= 11 is 0. The second-order valence-electron chi connectivity index (χ2n) is 3.27. The van der Waals surface area contributed by atoms with E-state index in [1.807, 2.05) is 0 Å². The fraction of sp³-hybridized carbons (Fsp3) is 0.889. The Balaban J connectivity index is 1.85. The molecule has 0 saturated carbocycles. The van der Waals surface area contributed by atoms with Crippen molar-refractivity contribution in [1.82, 2.24) is 0 Å². The molecule has 14 heavy (non-hydrogen) atoms. The summed E-state index contributed by atoms with van der Waals surface area (Å²) in [6.07, 6.45) is -0.953. The summed E-state index contributed by atoms with van der Waals surface area (Å²) in [6.45, 7) is 2.74. The Hall–Kier alpha value is -0.490. The molecule has 0 aromatic heterocycles. The van der Waals surface area contributed by atoms with Crippen LogP contribution in [0.5, 0.6) is 0 Å². The molecule has 0 aromatic rings. The molecule has 2 unspecified atom stereocenters. The largest absolute Gasteiger partial charge is 0.376 e. The van der Waals surface area contributed by atoms with Gasteiger partial charge in [-0.2, -0.15) is 0 Å². The number of carbonyl (C=O) groups is 1. The normalized spacial score (nSPS) is 34.0. The second kappa shape index (κ2) is 4.84. The minimum atomic E-state index is -0.476. The Morgan fingerprint density at radius 2 is 1.36 bits per heavy atom. The maximum Gasteiger partial charge on any atom is 0.194 e. The molecular weight excluding hydrogens is 188 g/mol. The third-order valence-corrected chi connectivity index (χ3v) is 2.27. The Labute approximate surface area is 82.3 Å². The van der Waals surface area contributed by atoms with Crippen LogP contribution in [0.1, 0.15) is 0 Å². The molecule has 2 saturated heterocycles. The van der Waals surface area contributed by atoms with Gasteiger partial charge in [-0.05, 0) is 0 Å². The molecule has 0 spiro atoms. The van der Waals surface area contributed by atoms with Crippen LogP contribution in [-0.4, -0.2) is 57.6 Å². The zero-order chi connectivity index (χ0) is 9.80. The number of Topliss-reactive ketones (excluding diaryl/α,β-unsaturated/α-hetero) is 1. The van der Waals surface area contributed by atoms with Gasteiger partial charge in [0.25, 0.3) is 0 Å². The van der Waals surface area contributed by atoms with Crippen molar-refractivity contribution < 1.29 is 23.7 Å². The molecule has 0 amide bonds. The highest BCUT2D eigenvalue weighted by Crippen LogP contribution is 2.09. The average Bonchev–Trinajstić information content (AvgIpc) is 2.30. The Morgan fingerprint density at radius 1 is 0.857 bits per heavy atom. The molecule has 0 radical (unpaired) electrons. The summed E-state index contributed by atoms with van der Waals surface area (Å²) in [5.41, 5.74) is 0. The fourth-order valence-electron chi connectivity index (χ4n) is 1.51. The van der Waals surface area contributed by atoms with E-state index in [0.29, 0.717) is 39.6 Å². The highest BCUT2D eigenvalue weighted by Gasteiger charge is 2.31. The standard InChI is InChI=1S/C9H14O5/c10-9(7-5-11-1-3-13-7)8-6-12-2-4-14-8/h7-8H,1-6H2. The van der Waals surface area contributed by atoms with Gasteiger partial charge >= 0.3 is 0 Å². The van der Waals surface area contributed by atoms with Gasteiger partial charge in [0.15, 0.2) is 5.78 Å². The van der Waals surface area contributed by atoms with Gasteiger partial charge in [0.2, 0.25) is 0 Å². The van der Waals surface area contributed by atoms with Gasteiger partial charge in [-0.3, -0.25) is 4.79 Å². The van der Waals surface area contributed by atoms with Crippen molar-refractivity contribution in [2.75, 3.05) is 39.6 Å². The van der Waals surface area contributed by atoms with E-state index in [1.54, 1.807) is 0 Å². The lowest BCUT2D eigenvalue weighted by Gasteiger charge is -2.27. The van der Waals surface area contributed by atoms with Crippen LogP contribution in [-0.2, 0) is 23.7 Å². The maximum absolute atomic E-state index is 11.7. The molecule has 2 rings (SSSR count). The van der Waals surface area contributed by atoms with E-state index in [9.17, 15) is 4.79 Å². The van der Waals surface area contributed by atoms with Gasteiger partial charge < -0.3 is 18.9 Å². The zero-order valence-electron chi connectivity index (χ0n) is 7.94. The van der Waals surface area contributed by atoms with E-state index in [4.69, 9.17) is 18.9 Å². The SMILES string of the molecule is O=C(C1COCCO1)C1COCCO1. The Bertz CT molecular complexity index is 173. The summed E-state index contributed by atoms with van der Waals surface area (Å²) in [6, 6.07) is 0. The molecule has 80 valence electrons. The molecule has 5 nitrogen and oxygen atoms in total. The van der Waals surface area contributed by atoms with Gasteiger partial charge in [-0.15, -0.1) is 0 Å². The lowest BCUT2D eigenvalue weighted by atomic mass is 10.1. The maximum atomic E-state index is 11.7. The summed E-state index contributed by atoms with van der Waals surface area (Å²) < 4.78 is 20.9. The molecular formula is C9H14O5. The first-order valence-corrected chi connectivity index (χ1v) is 4.80. The van der Waals surface area contributed by atoms with Crippen LogP contribution in [0.15, 0.2) is 0 Å². The van der Waals surface area contributed by atoms with Crippen LogP contribution in [0, 0.1) is 0 Å². The van der Waals surface area contributed by atoms with Crippen molar-refractivity contribution in [3.8, 4) is 0 Å². The summed E-state index contributed by atoms with van der Waals surface area (Å²) in [5, 5.41) is 0. The van der Waals surface area contributed by atoms with Gasteiger partial charge in [0.1, 0.15) is 12.2 Å². The van der Waals surface area contributed by atoms with Crippen molar-refractivity contribution in [2.45, 2.75) is 12.2 Å². The average molecular weight is 202 g/mol. The summed E-state index contributed by atoms with van der Waals surface area (Å²) in [7, 11) is 0. The van der Waals surface area contributed by atoms with Gasteiger partial charge in [-0.25, -0.2) is 0 Å². The first-order valence-electron chi connectivity index (χ1n) is 4.80. The fourth-order valence-corrected chi connectivity index (χ4v) is 1.51. The number of hydrogen-bond donors (Lipinski definition) is 0. The monoisotopic (exact) mass is 202 g/mol. The molecule has 5 heteroatoms. The quantitative estimate of drug-likeness (QED) is 0.597. The van der Waals surface area contributed by atoms with Crippen LogP contribution in [0.4, 0.5) is 0 Å². The summed E-state index contributed by atoms with van der Waals surface area (Å²) in [5.74, 6) is -0.0654. The molecule has 2 aliphatic heterocycles. The minimum Gasteiger partial charge on any atom is -0.376 e.